The zero-order chi connectivity index (χ0) is 38.6. The molecule has 4 heterocycles. The van der Waals surface area contributed by atoms with Crippen LogP contribution in [-0.4, -0.2) is 55.4 Å². The Balaban J connectivity index is 1.24. The first-order valence-corrected chi connectivity index (χ1v) is 17.3. The molecule has 3 aromatic heterocycles. The zero-order valence-electron chi connectivity index (χ0n) is 27.8. The van der Waals surface area contributed by atoms with Crippen LogP contribution in [0.25, 0.3) is 21.5 Å². The average molecular weight is 778 g/mol. The van der Waals surface area contributed by atoms with E-state index in [1.807, 2.05) is 0 Å². The molecule has 0 spiro atoms. The highest BCUT2D eigenvalue weighted by Gasteiger charge is 2.68. The molecule has 19 heteroatoms. The Hall–Kier alpha value is -5.17. The van der Waals surface area contributed by atoms with E-state index in [4.69, 9.17) is 5.73 Å². The molecule has 10 nitrogen and oxygen atoms in total. The molecule has 8 rings (SSSR count). The van der Waals surface area contributed by atoms with Crippen molar-refractivity contribution < 1.29 is 49.8 Å². The van der Waals surface area contributed by atoms with Crippen LogP contribution in [0.3, 0.4) is 0 Å². The highest BCUT2D eigenvalue weighted by atomic mass is 32.1. The van der Waals surface area contributed by atoms with Crippen LogP contribution < -0.4 is 16.0 Å². The molecule has 282 valence electrons. The first-order chi connectivity index (χ1) is 25.3. The number of pyridine rings is 1. The molecule has 2 amide bonds. The van der Waals surface area contributed by atoms with Gasteiger partial charge in [-0.1, -0.05) is 17.4 Å². The van der Waals surface area contributed by atoms with Crippen molar-refractivity contribution in [1.82, 2.24) is 25.1 Å². The van der Waals surface area contributed by atoms with Crippen LogP contribution in [0.5, 0.6) is 0 Å². The van der Waals surface area contributed by atoms with Gasteiger partial charge in [0.15, 0.2) is 16.5 Å². The molecule has 54 heavy (non-hydrogen) atoms. The van der Waals surface area contributed by atoms with Gasteiger partial charge in [-0.3, -0.25) is 14.3 Å². The molecule has 1 saturated carbocycles. The molecule has 0 radical (unpaired) electrons. The third kappa shape index (κ3) is 6.21. The minimum absolute atomic E-state index is 0.00434. The van der Waals surface area contributed by atoms with E-state index in [1.165, 1.54) is 17.4 Å². The van der Waals surface area contributed by atoms with Crippen molar-refractivity contribution in [3.63, 3.8) is 0 Å². The van der Waals surface area contributed by atoms with Crippen LogP contribution in [0.4, 0.5) is 40.3 Å². The molecule has 2 aliphatic carbocycles. The van der Waals surface area contributed by atoms with Crippen LogP contribution in [0, 0.1) is 23.4 Å². The summed E-state index contributed by atoms with van der Waals surface area (Å²) in [5, 5.41) is 16.7. The molecule has 4 N–H and O–H groups in total. The summed E-state index contributed by atoms with van der Waals surface area (Å²) in [6, 6.07) is 6.16. The number of carbonyl (C=O) groups excluding carboxylic acids is 2. The van der Waals surface area contributed by atoms with Crippen molar-refractivity contribution in [2.24, 2.45) is 11.7 Å². The average Bonchev–Trinajstić information content (AvgIpc) is 3.51. The van der Waals surface area contributed by atoms with Crippen molar-refractivity contribution in [2.45, 2.75) is 56.0 Å². The number of nitrogens with two attached hydrogens (primary N) is 1. The smallest absolute Gasteiger partial charge is 0.386 e. The Morgan fingerprint density at radius 1 is 1.07 bits per heavy atom. The van der Waals surface area contributed by atoms with Crippen molar-refractivity contribution in [3.8, 4) is 11.1 Å². The van der Waals surface area contributed by atoms with Crippen molar-refractivity contribution in [1.29, 1.82) is 0 Å². The SMILES string of the molecule is CC1(O)CN(c2nc3nc([C@H](Cc4cc(F)cc(F)c4)NC(=O)Cn4nc(C(F)(F)F)c5c4C(F)(F)[C@@H]4C[C@H]54)c(-c4ccc(F)c(C(N)=O)c4)cc3s2)C1. The van der Waals surface area contributed by atoms with E-state index in [2.05, 4.69) is 20.4 Å². The fourth-order valence-corrected chi connectivity index (χ4v) is 8.39. The van der Waals surface area contributed by atoms with Crippen LogP contribution >= 0.6 is 11.3 Å². The standard InChI is InChI=1S/C35H27F8N7O3S/c1-33(53)12-49(13-33)32-47-31-24(54-32)10-18(15-2-3-22(38)20(7-15)30(44)52)27(46-31)23(6-14-4-16(36)8-17(37)5-14)45-25(51)11-50-29-26(28(48-50)35(41,42)43)19-9-21(19)34(29,39)40/h2-5,7-8,10,19,21,23,53H,6,9,11-13H2,1H3,(H2,44,52)(H,45,51)/t19-,21+,23-/m0/s1. The molecule has 1 aliphatic heterocycles. The summed E-state index contributed by atoms with van der Waals surface area (Å²) >= 11 is 1.18. The lowest BCUT2D eigenvalue weighted by atomic mass is 9.94. The number of aliphatic hydroxyl groups is 1. The largest absolute Gasteiger partial charge is 0.435 e. The summed E-state index contributed by atoms with van der Waals surface area (Å²) in [6.07, 6.45) is -5.62. The number of halogens is 8. The lowest BCUT2D eigenvalue weighted by Gasteiger charge is -2.43. The molecule has 3 aliphatic rings. The highest BCUT2D eigenvalue weighted by molar-refractivity contribution is 7.22. The Morgan fingerprint density at radius 3 is 2.43 bits per heavy atom. The number of hydrogen-bond acceptors (Lipinski definition) is 8. The predicted octanol–water partition coefficient (Wildman–Crippen LogP) is 5.97. The van der Waals surface area contributed by atoms with Gasteiger partial charge in [-0.15, -0.1) is 0 Å². The molecule has 5 aromatic rings. The predicted molar refractivity (Wildman–Crippen MR) is 177 cm³/mol. The number of primary amides is 1. The second kappa shape index (κ2) is 12.2. The van der Waals surface area contributed by atoms with E-state index >= 15 is 8.78 Å². The van der Waals surface area contributed by atoms with Gasteiger partial charge in [-0.2, -0.15) is 32.0 Å². The van der Waals surface area contributed by atoms with Crippen LogP contribution in [-0.2, 0) is 29.9 Å². The molecule has 0 bridgehead atoms. The highest BCUT2D eigenvalue weighted by Crippen LogP contribution is 2.68. The number of anilines is 1. The fourth-order valence-electron chi connectivity index (χ4n) is 7.44. The van der Waals surface area contributed by atoms with Gasteiger partial charge in [0.2, 0.25) is 5.91 Å². The Kier molecular flexibility index (Phi) is 8.08. The Bertz CT molecular complexity index is 2370. The molecule has 3 atom stereocenters. The van der Waals surface area contributed by atoms with Gasteiger partial charge in [0, 0.05) is 23.1 Å². The van der Waals surface area contributed by atoms with Gasteiger partial charge in [0.1, 0.15) is 29.7 Å². The van der Waals surface area contributed by atoms with E-state index in [1.54, 1.807) is 17.9 Å². The number of fused-ring (bicyclic) bond motifs is 4. The van der Waals surface area contributed by atoms with E-state index in [0.717, 1.165) is 24.3 Å². The molecule has 2 aromatic carbocycles. The van der Waals surface area contributed by atoms with Gasteiger partial charge in [0.05, 0.1) is 40.7 Å². The third-order valence-corrected chi connectivity index (χ3v) is 10.9. The Labute approximate surface area is 303 Å². The monoisotopic (exact) mass is 777 g/mol. The number of β-amino-alcohol motifs (C(OH)–C–C–N with tert-alkyl or cyclic N) is 1. The van der Waals surface area contributed by atoms with Gasteiger partial charge >= 0.3 is 6.18 Å². The van der Waals surface area contributed by atoms with Gasteiger partial charge < -0.3 is 21.1 Å². The molecule has 2 fully saturated rings. The summed E-state index contributed by atoms with van der Waals surface area (Å²) in [6.45, 7) is 1.06. The zero-order valence-corrected chi connectivity index (χ0v) is 28.6. The summed E-state index contributed by atoms with van der Waals surface area (Å²) < 4.78 is 117. The number of hydrogen-bond donors (Lipinski definition) is 3. The topological polar surface area (TPSA) is 139 Å². The van der Waals surface area contributed by atoms with E-state index in [9.17, 15) is 41.0 Å². The molecular formula is C35H27F8N7O3S. The maximum absolute atomic E-state index is 15.3. The lowest BCUT2D eigenvalue weighted by molar-refractivity contribution is -0.142. The number of amides is 2. The summed E-state index contributed by atoms with van der Waals surface area (Å²) in [7, 11) is 0. The number of alkyl halides is 5. The van der Waals surface area contributed by atoms with E-state index in [-0.39, 0.29) is 47.5 Å². The fraction of sp³-hybridized carbons (Fsp3) is 0.343. The molecular weight excluding hydrogens is 750 g/mol. The van der Waals surface area contributed by atoms with Crippen molar-refractivity contribution in [3.05, 3.63) is 93.7 Å². The van der Waals surface area contributed by atoms with E-state index < -0.39 is 100 Å². The van der Waals surface area contributed by atoms with Crippen molar-refractivity contribution >= 4 is 38.6 Å². The van der Waals surface area contributed by atoms with Crippen LogP contribution in [0.2, 0.25) is 0 Å². The maximum Gasteiger partial charge on any atom is 0.435 e. The van der Waals surface area contributed by atoms with Gasteiger partial charge in [-0.25, -0.2) is 18.2 Å². The number of nitrogens with zero attached hydrogens (tertiary/aromatic N) is 5. The lowest BCUT2D eigenvalue weighted by Crippen LogP contribution is -2.60. The molecule has 1 saturated heterocycles. The third-order valence-electron chi connectivity index (χ3n) is 9.80. The van der Waals surface area contributed by atoms with Crippen molar-refractivity contribution in [2.75, 3.05) is 18.0 Å². The van der Waals surface area contributed by atoms with E-state index in [0.29, 0.717) is 20.6 Å². The van der Waals surface area contributed by atoms with Crippen LogP contribution in [0.1, 0.15) is 63.9 Å². The molecule has 0 unspecified atom stereocenters. The minimum Gasteiger partial charge on any atom is -0.386 e. The Morgan fingerprint density at radius 2 is 1.78 bits per heavy atom. The first kappa shape index (κ1) is 35.8. The minimum atomic E-state index is -5.07. The summed E-state index contributed by atoms with van der Waals surface area (Å²) in [5.41, 5.74) is 1.23. The number of thiazole rings is 1. The summed E-state index contributed by atoms with van der Waals surface area (Å²) in [5.74, 6) is -11.2. The van der Waals surface area contributed by atoms with Gasteiger partial charge in [0.25, 0.3) is 11.8 Å². The van der Waals surface area contributed by atoms with Crippen LogP contribution in [0.15, 0.2) is 42.5 Å². The van der Waals surface area contributed by atoms with Gasteiger partial charge in [-0.05, 0) is 67.1 Å². The number of benzene rings is 2. The number of nitrogens with one attached hydrogen (secondary N) is 1. The number of aromatic nitrogens is 4. The summed E-state index contributed by atoms with van der Waals surface area (Å²) in [4.78, 5) is 36.9. The maximum atomic E-state index is 15.3. The second-order valence-corrected chi connectivity index (χ2v) is 15.1. The first-order valence-electron chi connectivity index (χ1n) is 16.5. The quantitative estimate of drug-likeness (QED) is 0.157. The number of rotatable bonds is 9. The number of carbonyl (C=O) groups is 2. The second-order valence-electron chi connectivity index (χ2n) is 14.1. The normalized spacial score (nSPS) is 20.0.